The normalized spacial score (nSPS) is 15.2. The summed E-state index contributed by atoms with van der Waals surface area (Å²) in [6.07, 6.45) is 4.02. The van der Waals surface area contributed by atoms with Crippen molar-refractivity contribution >= 4 is 16.5 Å². The number of anilines is 1. The zero-order chi connectivity index (χ0) is 13.7. The van der Waals surface area contributed by atoms with Crippen LogP contribution in [0.15, 0.2) is 5.38 Å². The molecule has 0 amide bonds. The summed E-state index contributed by atoms with van der Waals surface area (Å²) in [6, 6.07) is 0. The molecule has 0 saturated heterocycles. The van der Waals surface area contributed by atoms with Gasteiger partial charge >= 0.3 is 0 Å². The van der Waals surface area contributed by atoms with Gasteiger partial charge in [-0.25, -0.2) is 4.98 Å². The van der Waals surface area contributed by atoms with Gasteiger partial charge in [0.1, 0.15) is 0 Å². The minimum Gasteiger partial charge on any atom is -0.348 e. The van der Waals surface area contributed by atoms with E-state index in [1.54, 1.807) is 11.3 Å². The molecule has 1 aliphatic carbocycles. The average Bonchev–Trinajstić information content (AvgIpc) is 3.05. The number of thiazole rings is 1. The van der Waals surface area contributed by atoms with Gasteiger partial charge in [-0.3, -0.25) is 0 Å². The van der Waals surface area contributed by atoms with Gasteiger partial charge in [0, 0.05) is 25.0 Å². The van der Waals surface area contributed by atoms with Gasteiger partial charge in [0.2, 0.25) is 0 Å². The van der Waals surface area contributed by atoms with Crippen LogP contribution in [0.4, 0.5) is 5.13 Å². The second-order valence-electron chi connectivity index (χ2n) is 6.04. The molecule has 0 bridgehead atoms. The van der Waals surface area contributed by atoms with Gasteiger partial charge in [-0.15, -0.1) is 11.3 Å². The fraction of sp³-hybridized carbons (Fsp3) is 0.800. The lowest BCUT2D eigenvalue weighted by Crippen LogP contribution is -2.26. The highest BCUT2D eigenvalue weighted by molar-refractivity contribution is 7.13. The van der Waals surface area contributed by atoms with E-state index in [0.29, 0.717) is 5.92 Å². The van der Waals surface area contributed by atoms with Gasteiger partial charge in [-0.1, -0.05) is 20.8 Å². The van der Waals surface area contributed by atoms with Crippen LogP contribution in [0.2, 0.25) is 0 Å². The Morgan fingerprint density at radius 1 is 1.47 bits per heavy atom. The van der Waals surface area contributed by atoms with E-state index in [1.165, 1.54) is 36.6 Å². The first-order chi connectivity index (χ1) is 9.19. The highest BCUT2D eigenvalue weighted by Crippen LogP contribution is 2.32. The Bertz CT molecular complexity index is 371. The van der Waals surface area contributed by atoms with E-state index in [0.717, 1.165) is 25.6 Å². The van der Waals surface area contributed by atoms with Crippen molar-refractivity contribution in [3.05, 3.63) is 11.1 Å². The zero-order valence-electron chi connectivity index (χ0n) is 12.5. The summed E-state index contributed by atoms with van der Waals surface area (Å²) in [4.78, 5) is 7.27. The predicted molar refractivity (Wildman–Crippen MR) is 83.9 cm³/mol. The first kappa shape index (κ1) is 14.8. The third-order valence-electron chi connectivity index (χ3n) is 3.34. The zero-order valence-corrected chi connectivity index (χ0v) is 13.3. The standard InChI is InChI=1S/C15H27N3S/c1-4-7-18(10-13-5-6-13)15-17-14(11-19-15)9-16-8-12(2)3/h11-13,16H,4-10H2,1-3H3. The van der Waals surface area contributed by atoms with Gasteiger partial charge in [-0.05, 0) is 37.6 Å². The van der Waals surface area contributed by atoms with E-state index in [-0.39, 0.29) is 0 Å². The topological polar surface area (TPSA) is 28.2 Å². The van der Waals surface area contributed by atoms with E-state index in [9.17, 15) is 0 Å². The van der Waals surface area contributed by atoms with E-state index < -0.39 is 0 Å². The summed E-state index contributed by atoms with van der Waals surface area (Å²) in [5, 5.41) is 6.89. The second kappa shape index (κ2) is 7.25. The smallest absolute Gasteiger partial charge is 0.185 e. The van der Waals surface area contributed by atoms with Crippen molar-refractivity contribution in [3.8, 4) is 0 Å². The maximum Gasteiger partial charge on any atom is 0.185 e. The molecule has 0 aromatic carbocycles. The van der Waals surface area contributed by atoms with Gasteiger partial charge in [0.05, 0.1) is 5.69 Å². The van der Waals surface area contributed by atoms with E-state index in [4.69, 9.17) is 4.98 Å². The summed E-state index contributed by atoms with van der Waals surface area (Å²) in [5.41, 5.74) is 1.19. The predicted octanol–water partition coefficient (Wildman–Crippen LogP) is 3.52. The van der Waals surface area contributed by atoms with Crippen LogP contribution in [-0.2, 0) is 6.54 Å². The van der Waals surface area contributed by atoms with Crippen molar-refractivity contribution in [2.24, 2.45) is 11.8 Å². The maximum atomic E-state index is 4.79. The third-order valence-corrected chi connectivity index (χ3v) is 4.29. The Morgan fingerprint density at radius 2 is 2.26 bits per heavy atom. The molecule has 0 aliphatic heterocycles. The number of rotatable bonds is 9. The lowest BCUT2D eigenvalue weighted by atomic mass is 10.2. The first-order valence-electron chi connectivity index (χ1n) is 7.59. The fourth-order valence-corrected chi connectivity index (χ4v) is 3.02. The molecule has 2 rings (SSSR count). The van der Waals surface area contributed by atoms with Crippen LogP contribution < -0.4 is 10.2 Å². The van der Waals surface area contributed by atoms with Crippen molar-refractivity contribution in [2.75, 3.05) is 24.5 Å². The third kappa shape index (κ3) is 5.11. The highest BCUT2D eigenvalue weighted by atomic mass is 32.1. The maximum absolute atomic E-state index is 4.79. The molecule has 0 unspecified atom stereocenters. The second-order valence-corrected chi connectivity index (χ2v) is 6.87. The molecule has 1 aliphatic rings. The minimum absolute atomic E-state index is 0.699. The minimum atomic E-state index is 0.699. The summed E-state index contributed by atoms with van der Waals surface area (Å²) in [6.45, 7) is 11.0. The Kier molecular flexibility index (Phi) is 5.64. The molecule has 4 heteroatoms. The molecule has 1 saturated carbocycles. The molecule has 1 N–H and O–H groups in total. The molecule has 1 aromatic rings. The van der Waals surface area contributed by atoms with Crippen LogP contribution >= 0.6 is 11.3 Å². The Balaban J connectivity index is 1.85. The largest absolute Gasteiger partial charge is 0.348 e. The molecule has 108 valence electrons. The quantitative estimate of drug-likeness (QED) is 0.750. The summed E-state index contributed by atoms with van der Waals surface area (Å²) in [5.74, 6) is 1.63. The summed E-state index contributed by atoms with van der Waals surface area (Å²) in [7, 11) is 0. The molecule has 0 spiro atoms. The van der Waals surface area contributed by atoms with Crippen LogP contribution in [0.25, 0.3) is 0 Å². The van der Waals surface area contributed by atoms with Crippen LogP contribution in [0, 0.1) is 11.8 Å². The highest BCUT2D eigenvalue weighted by Gasteiger charge is 2.25. The first-order valence-corrected chi connectivity index (χ1v) is 8.47. The van der Waals surface area contributed by atoms with Gasteiger partial charge in [0.25, 0.3) is 0 Å². The fourth-order valence-electron chi connectivity index (χ4n) is 2.16. The monoisotopic (exact) mass is 281 g/mol. The number of aromatic nitrogens is 1. The number of hydrogen-bond donors (Lipinski definition) is 1. The Hall–Kier alpha value is -0.610. The van der Waals surface area contributed by atoms with Crippen LogP contribution in [0.5, 0.6) is 0 Å². The summed E-state index contributed by atoms with van der Waals surface area (Å²) < 4.78 is 0. The molecule has 0 radical (unpaired) electrons. The van der Waals surface area contributed by atoms with Crippen molar-refractivity contribution in [2.45, 2.75) is 46.6 Å². The van der Waals surface area contributed by atoms with Crippen molar-refractivity contribution in [1.29, 1.82) is 0 Å². The number of nitrogens with one attached hydrogen (secondary N) is 1. The van der Waals surface area contributed by atoms with Crippen LogP contribution in [0.3, 0.4) is 0 Å². The van der Waals surface area contributed by atoms with Crippen molar-refractivity contribution in [3.63, 3.8) is 0 Å². The van der Waals surface area contributed by atoms with Crippen LogP contribution in [0.1, 0.15) is 45.7 Å². The molecule has 1 aromatic heterocycles. The molecule has 0 atom stereocenters. The Morgan fingerprint density at radius 3 is 2.89 bits per heavy atom. The lowest BCUT2D eigenvalue weighted by Gasteiger charge is -2.20. The molecular weight excluding hydrogens is 254 g/mol. The van der Waals surface area contributed by atoms with Crippen LogP contribution in [-0.4, -0.2) is 24.6 Å². The lowest BCUT2D eigenvalue weighted by molar-refractivity contribution is 0.549. The molecule has 19 heavy (non-hydrogen) atoms. The van der Waals surface area contributed by atoms with Gasteiger partial charge < -0.3 is 10.2 Å². The molecular formula is C15H27N3S. The van der Waals surface area contributed by atoms with Crippen molar-refractivity contribution < 1.29 is 0 Å². The van der Waals surface area contributed by atoms with E-state index in [2.05, 4.69) is 36.4 Å². The average molecular weight is 281 g/mol. The SMILES string of the molecule is CCCN(CC1CC1)c1nc(CNCC(C)C)cs1. The van der Waals surface area contributed by atoms with Gasteiger partial charge in [-0.2, -0.15) is 0 Å². The Labute approximate surface area is 121 Å². The van der Waals surface area contributed by atoms with E-state index >= 15 is 0 Å². The van der Waals surface area contributed by atoms with E-state index in [1.807, 2.05) is 0 Å². The van der Waals surface area contributed by atoms with Crippen molar-refractivity contribution in [1.82, 2.24) is 10.3 Å². The number of hydrogen-bond acceptors (Lipinski definition) is 4. The molecule has 3 nitrogen and oxygen atoms in total. The summed E-state index contributed by atoms with van der Waals surface area (Å²) >= 11 is 1.80. The number of nitrogens with zero attached hydrogens (tertiary/aromatic N) is 2. The van der Waals surface area contributed by atoms with Gasteiger partial charge in [0.15, 0.2) is 5.13 Å². The molecule has 1 fully saturated rings. The molecule has 1 heterocycles.